The second kappa shape index (κ2) is 10.0. The van der Waals surface area contributed by atoms with Crippen molar-refractivity contribution in [2.45, 2.75) is 38.5 Å². The van der Waals surface area contributed by atoms with E-state index in [0.29, 0.717) is 18.2 Å². The quantitative estimate of drug-likeness (QED) is 0.447. The Hall–Kier alpha value is -2.77. The molecule has 4 N–H and O–H groups in total. The van der Waals surface area contributed by atoms with Gasteiger partial charge in [-0.3, -0.25) is 5.73 Å². The van der Waals surface area contributed by atoms with Gasteiger partial charge in [0.25, 0.3) is 0 Å². The normalized spacial score (nSPS) is 15.8. The standard InChI is InChI=1S/C24H32N4O3/c1-30-20-9-11-21(12-10-20)31-18-19(29)17-28-23-8-4-3-7-22(23)27(24(28)25)16-15-26-13-5-2-6-14-26/h3-4,7-12,19,25,29H,2,5-6,13-18H2,1H3/p+2/t19-/m0/s1. The number of para-hydroxylation sites is 2. The molecule has 4 rings (SSSR count). The molecule has 1 aromatic heterocycles. The summed E-state index contributed by atoms with van der Waals surface area (Å²) in [6, 6.07) is 15.6. The van der Waals surface area contributed by atoms with Gasteiger partial charge in [-0.15, -0.1) is 0 Å². The molecule has 1 aliphatic heterocycles. The number of nitrogens with zero attached hydrogens (tertiary/aromatic N) is 2. The summed E-state index contributed by atoms with van der Waals surface area (Å²) in [5.41, 5.74) is 8.72. The number of nitrogen functional groups attached to an aromatic ring is 1. The van der Waals surface area contributed by atoms with Gasteiger partial charge in [-0.25, -0.2) is 9.13 Å². The minimum Gasteiger partial charge on any atom is -0.497 e. The summed E-state index contributed by atoms with van der Waals surface area (Å²) in [4.78, 5) is 1.66. The first kappa shape index (κ1) is 21.5. The molecule has 0 bridgehead atoms. The number of ether oxygens (including phenoxy) is 2. The SMILES string of the molecule is COc1ccc(OC[C@@H](O)C[n+]2c(N)n(CC[NH+]3CCCCC3)c3ccccc32)cc1. The Bertz CT molecular complexity index is 980. The van der Waals surface area contributed by atoms with Crippen molar-refractivity contribution in [3.63, 3.8) is 0 Å². The number of anilines is 1. The Morgan fingerprint density at radius 3 is 2.52 bits per heavy atom. The predicted octanol–water partition coefficient (Wildman–Crippen LogP) is 1.03. The lowest BCUT2D eigenvalue weighted by Crippen LogP contribution is -3.13. The molecule has 166 valence electrons. The fourth-order valence-corrected chi connectivity index (χ4v) is 4.44. The Labute approximate surface area is 183 Å². The molecule has 0 amide bonds. The van der Waals surface area contributed by atoms with Gasteiger partial charge in [0.1, 0.15) is 54.9 Å². The Morgan fingerprint density at radius 2 is 1.77 bits per heavy atom. The molecule has 0 radical (unpaired) electrons. The number of methoxy groups -OCH3 is 1. The number of aliphatic hydroxyl groups excluding tert-OH is 1. The molecule has 31 heavy (non-hydrogen) atoms. The molecule has 3 aromatic rings. The smallest absolute Gasteiger partial charge is 0.356 e. The molecular formula is C24H34N4O3+2. The van der Waals surface area contributed by atoms with Gasteiger partial charge in [-0.2, -0.15) is 0 Å². The number of aliphatic hydroxyl groups is 1. The number of nitrogens with two attached hydrogens (primary N) is 1. The molecule has 0 aliphatic carbocycles. The number of rotatable bonds is 9. The number of nitrogens with one attached hydrogen (secondary N) is 1. The first-order valence-electron chi connectivity index (χ1n) is 11.2. The maximum atomic E-state index is 10.7. The summed E-state index contributed by atoms with van der Waals surface area (Å²) in [6.07, 6.45) is 3.31. The van der Waals surface area contributed by atoms with E-state index in [2.05, 4.69) is 16.7 Å². The average Bonchev–Trinajstić information content (AvgIpc) is 3.08. The van der Waals surface area contributed by atoms with Crippen LogP contribution in [-0.2, 0) is 13.1 Å². The van der Waals surface area contributed by atoms with E-state index in [9.17, 15) is 5.11 Å². The first-order chi connectivity index (χ1) is 15.2. The zero-order valence-corrected chi connectivity index (χ0v) is 18.3. The molecule has 0 saturated carbocycles. The molecule has 0 unspecified atom stereocenters. The van der Waals surface area contributed by atoms with Gasteiger partial charge in [-0.1, -0.05) is 12.1 Å². The fourth-order valence-electron chi connectivity index (χ4n) is 4.44. The topological polar surface area (TPSA) is 78.0 Å². The summed E-state index contributed by atoms with van der Waals surface area (Å²) in [5.74, 6) is 2.15. The molecule has 1 fully saturated rings. The number of benzene rings is 2. The van der Waals surface area contributed by atoms with Gasteiger partial charge in [0.2, 0.25) is 0 Å². The van der Waals surface area contributed by atoms with Gasteiger partial charge in [0.05, 0.1) is 20.2 Å². The van der Waals surface area contributed by atoms with E-state index in [0.717, 1.165) is 29.9 Å². The highest BCUT2D eigenvalue weighted by Crippen LogP contribution is 2.18. The monoisotopic (exact) mass is 426 g/mol. The Kier molecular flexibility index (Phi) is 6.94. The van der Waals surface area contributed by atoms with E-state index >= 15 is 0 Å². The van der Waals surface area contributed by atoms with Crippen molar-refractivity contribution in [2.75, 3.05) is 39.1 Å². The van der Waals surface area contributed by atoms with Crippen molar-refractivity contribution in [3.05, 3.63) is 48.5 Å². The number of quaternary nitrogens is 1. The molecule has 7 heteroatoms. The van der Waals surface area contributed by atoms with Crippen LogP contribution in [0.2, 0.25) is 0 Å². The summed E-state index contributed by atoms with van der Waals surface area (Å²) >= 11 is 0. The number of hydrogen-bond donors (Lipinski definition) is 3. The van der Waals surface area contributed by atoms with Crippen molar-refractivity contribution in [2.24, 2.45) is 0 Å². The van der Waals surface area contributed by atoms with Gasteiger partial charge in [0.15, 0.2) is 0 Å². The van der Waals surface area contributed by atoms with E-state index in [1.54, 1.807) is 12.0 Å². The lowest BCUT2D eigenvalue weighted by Gasteiger charge is -2.22. The van der Waals surface area contributed by atoms with Crippen molar-refractivity contribution in [3.8, 4) is 11.5 Å². The maximum Gasteiger partial charge on any atom is 0.356 e. The molecule has 2 aromatic carbocycles. The lowest BCUT2D eigenvalue weighted by atomic mass is 10.1. The summed E-state index contributed by atoms with van der Waals surface area (Å²) in [7, 11) is 1.63. The average molecular weight is 427 g/mol. The number of likely N-dealkylation sites (tertiary alicyclic amines) is 1. The van der Waals surface area contributed by atoms with E-state index in [1.165, 1.54) is 32.4 Å². The highest BCUT2D eigenvalue weighted by molar-refractivity contribution is 5.73. The molecule has 7 nitrogen and oxygen atoms in total. The largest absolute Gasteiger partial charge is 0.497 e. The van der Waals surface area contributed by atoms with Gasteiger partial charge < -0.3 is 19.5 Å². The number of hydrogen-bond acceptors (Lipinski definition) is 4. The Morgan fingerprint density at radius 1 is 1.06 bits per heavy atom. The van der Waals surface area contributed by atoms with E-state index in [1.807, 2.05) is 41.0 Å². The van der Waals surface area contributed by atoms with Crippen LogP contribution < -0.4 is 24.7 Å². The van der Waals surface area contributed by atoms with Crippen LogP contribution in [0.1, 0.15) is 19.3 Å². The highest BCUT2D eigenvalue weighted by Gasteiger charge is 2.24. The van der Waals surface area contributed by atoms with Crippen LogP contribution >= 0.6 is 0 Å². The van der Waals surface area contributed by atoms with Crippen LogP contribution in [0.3, 0.4) is 0 Å². The molecule has 0 spiro atoms. The second-order valence-electron chi connectivity index (χ2n) is 8.31. The minimum atomic E-state index is -0.679. The zero-order chi connectivity index (χ0) is 21.6. The van der Waals surface area contributed by atoms with Crippen LogP contribution in [0, 0.1) is 0 Å². The van der Waals surface area contributed by atoms with E-state index < -0.39 is 6.10 Å². The second-order valence-corrected chi connectivity index (χ2v) is 8.31. The zero-order valence-electron chi connectivity index (χ0n) is 18.3. The van der Waals surface area contributed by atoms with Crippen molar-refractivity contribution >= 4 is 17.0 Å². The van der Waals surface area contributed by atoms with Gasteiger partial charge in [0, 0.05) is 0 Å². The number of piperidine rings is 1. The van der Waals surface area contributed by atoms with Crippen molar-refractivity contribution in [1.29, 1.82) is 0 Å². The summed E-state index contributed by atoms with van der Waals surface area (Å²) in [5, 5.41) is 10.7. The third-order valence-corrected chi connectivity index (χ3v) is 6.16. The van der Waals surface area contributed by atoms with Crippen LogP contribution in [0.4, 0.5) is 5.95 Å². The van der Waals surface area contributed by atoms with Crippen molar-refractivity contribution in [1.82, 2.24) is 4.57 Å². The number of imidazole rings is 1. The first-order valence-corrected chi connectivity index (χ1v) is 11.2. The van der Waals surface area contributed by atoms with Crippen LogP contribution in [-0.4, -0.2) is 49.1 Å². The van der Waals surface area contributed by atoms with Crippen LogP contribution in [0.5, 0.6) is 11.5 Å². The molecular weight excluding hydrogens is 392 g/mol. The van der Waals surface area contributed by atoms with Gasteiger partial charge >= 0.3 is 5.95 Å². The summed E-state index contributed by atoms with van der Waals surface area (Å²) < 4.78 is 15.1. The predicted molar refractivity (Wildman–Crippen MR) is 120 cm³/mol. The fraction of sp³-hybridized carbons (Fsp3) is 0.458. The van der Waals surface area contributed by atoms with Gasteiger partial charge in [-0.05, 0) is 55.7 Å². The van der Waals surface area contributed by atoms with E-state index in [-0.39, 0.29) is 6.61 Å². The third-order valence-electron chi connectivity index (χ3n) is 6.16. The lowest BCUT2D eigenvalue weighted by molar-refractivity contribution is -0.905. The summed E-state index contributed by atoms with van der Waals surface area (Å²) in [6.45, 7) is 5.03. The number of aromatic nitrogens is 2. The van der Waals surface area contributed by atoms with Crippen LogP contribution in [0.25, 0.3) is 11.0 Å². The highest BCUT2D eigenvalue weighted by atomic mass is 16.5. The maximum absolute atomic E-state index is 10.7. The van der Waals surface area contributed by atoms with Crippen molar-refractivity contribution < 1.29 is 24.0 Å². The number of fused-ring (bicyclic) bond motifs is 1. The van der Waals surface area contributed by atoms with E-state index in [4.69, 9.17) is 15.2 Å². The Balaban J connectivity index is 1.44. The molecule has 1 atom stereocenters. The third kappa shape index (κ3) is 5.11. The minimum absolute atomic E-state index is 0.191. The molecule has 1 saturated heterocycles. The molecule has 2 heterocycles. The van der Waals surface area contributed by atoms with Crippen LogP contribution in [0.15, 0.2) is 48.5 Å². The molecule has 1 aliphatic rings.